The highest BCUT2D eigenvalue weighted by Crippen LogP contribution is 2.16. The van der Waals surface area contributed by atoms with Crippen LogP contribution in [0.15, 0.2) is 134 Å². The summed E-state index contributed by atoms with van der Waals surface area (Å²) in [5.74, 6) is -2.37. The van der Waals surface area contributed by atoms with Crippen molar-refractivity contribution in [1.82, 2.24) is 0 Å². The van der Waals surface area contributed by atoms with Crippen LogP contribution in [0, 0.1) is 0 Å². The molecule has 0 N–H and O–H groups in total. The number of rotatable bonds is 60. The number of esters is 2. The Morgan fingerprint density at radius 1 is 0.373 bits per heavy atom. The summed E-state index contributed by atoms with van der Waals surface area (Å²) < 4.78 is 22.7. The maximum absolute atomic E-state index is 12.9. The van der Waals surface area contributed by atoms with Crippen LogP contribution in [-0.4, -0.2) is 82.3 Å². The number of unbranched alkanes of at least 4 members (excludes halogenated alkanes) is 23. The van der Waals surface area contributed by atoms with Gasteiger partial charge in [-0.05, 0) is 109 Å². The molecule has 0 heterocycles. The van der Waals surface area contributed by atoms with E-state index in [2.05, 4.69) is 148 Å². The SMILES string of the molecule is CC/C=C\C/C=C\C/C=C\C/C=C\C/C=C\C/C=C\C/C=C\C/C=C\C/C=C\CCCC(=O)OC(COC(=O)CCCCCCCCCCCCCCCCCCC/C=C\C/C=C\CCCCCCC)COC(OCC[N+](C)(C)C)C(=O)[O-]. The van der Waals surface area contributed by atoms with Gasteiger partial charge in [-0.2, -0.15) is 0 Å². The number of carboxylic acid groups (broad SMARTS) is 1. The zero-order valence-electron chi connectivity index (χ0n) is 53.8. The average Bonchev–Trinajstić information content (AvgIpc) is 3.46. The molecule has 0 radical (unpaired) electrons. The molecule has 0 fully saturated rings. The van der Waals surface area contributed by atoms with Gasteiger partial charge in [0.2, 0.25) is 0 Å². The summed E-state index contributed by atoms with van der Waals surface area (Å²) in [6, 6.07) is 0. The van der Waals surface area contributed by atoms with Gasteiger partial charge in [-0.3, -0.25) is 9.59 Å². The Kier molecular flexibility index (Phi) is 60.0. The summed E-state index contributed by atoms with van der Waals surface area (Å²) in [4.78, 5) is 37.4. The zero-order valence-corrected chi connectivity index (χ0v) is 53.8. The van der Waals surface area contributed by atoms with Gasteiger partial charge in [0.1, 0.15) is 13.2 Å². The zero-order chi connectivity index (χ0) is 60.5. The van der Waals surface area contributed by atoms with Crippen LogP contribution >= 0.6 is 0 Å². The highest BCUT2D eigenvalue weighted by Gasteiger charge is 2.22. The lowest BCUT2D eigenvalue weighted by Gasteiger charge is -2.26. The van der Waals surface area contributed by atoms with E-state index in [9.17, 15) is 19.5 Å². The van der Waals surface area contributed by atoms with Crippen LogP contribution in [0.5, 0.6) is 0 Å². The summed E-state index contributed by atoms with van der Waals surface area (Å²) in [6.07, 6.45) is 88.2. The number of hydrogen-bond acceptors (Lipinski definition) is 8. The first-order valence-electron chi connectivity index (χ1n) is 33.3. The molecule has 0 bridgehead atoms. The van der Waals surface area contributed by atoms with E-state index in [0.717, 1.165) is 83.5 Å². The number of carbonyl (C=O) groups excluding carboxylic acids is 3. The van der Waals surface area contributed by atoms with Crippen molar-refractivity contribution in [3.8, 4) is 0 Å². The first-order chi connectivity index (χ1) is 40.6. The monoisotopic (exact) mass is 1150 g/mol. The minimum Gasteiger partial charge on any atom is -0.545 e. The van der Waals surface area contributed by atoms with E-state index in [4.69, 9.17) is 18.9 Å². The van der Waals surface area contributed by atoms with Crippen molar-refractivity contribution in [2.24, 2.45) is 0 Å². The predicted octanol–water partition coefficient (Wildman–Crippen LogP) is 19.2. The summed E-state index contributed by atoms with van der Waals surface area (Å²) >= 11 is 0. The van der Waals surface area contributed by atoms with E-state index in [1.165, 1.54) is 135 Å². The number of likely N-dealkylation sites (N-methyl/N-ethyl adjacent to an activating group) is 1. The van der Waals surface area contributed by atoms with Crippen molar-refractivity contribution in [3.05, 3.63) is 134 Å². The Morgan fingerprint density at radius 2 is 0.699 bits per heavy atom. The molecule has 0 aliphatic rings. The number of quaternary nitrogens is 1. The van der Waals surface area contributed by atoms with Gasteiger partial charge in [-0.1, -0.05) is 270 Å². The lowest BCUT2D eigenvalue weighted by Crippen LogP contribution is -2.44. The fourth-order valence-corrected chi connectivity index (χ4v) is 8.80. The minimum atomic E-state index is -1.65. The van der Waals surface area contributed by atoms with Gasteiger partial charge in [-0.25, -0.2) is 0 Å². The number of ether oxygens (including phenoxy) is 4. The second kappa shape index (κ2) is 63.5. The molecule has 472 valence electrons. The first-order valence-corrected chi connectivity index (χ1v) is 33.3. The Bertz CT molecular complexity index is 1820. The molecule has 2 atom stereocenters. The lowest BCUT2D eigenvalue weighted by molar-refractivity contribution is -0.870. The van der Waals surface area contributed by atoms with Gasteiger partial charge in [0.25, 0.3) is 0 Å². The molecule has 0 aromatic carbocycles. The Labute approximate surface area is 509 Å². The molecule has 0 spiro atoms. The molecule has 0 aromatic heterocycles. The third kappa shape index (κ3) is 64.8. The van der Waals surface area contributed by atoms with E-state index in [0.29, 0.717) is 23.9 Å². The van der Waals surface area contributed by atoms with E-state index >= 15 is 0 Å². The van der Waals surface area contributed by atoms with Crippen molar-refractivity contribution in [2.75, 3.05) is 47.5 Å². The van der Waals surface area contributed by atoms with Crippen LogP contribution in [0.1, 0.15) is 258 Å². The van der Waals surface area contributed by atoms with Crippen molar-refractivity contribution in [1.29, 1.82) is 0 Å². The van der Waals surface area contributed by atoms with Gasteiger partial charge in [0.15, 0.2) is 12.4 Å². The van der Waals surface area contributed by atoms with Crippen LogP contribution in [0.25, 0.3) is 0 Å². The molecule has 0 aliphatic carbocycles. The van der Waals surface area contributed by atoms with E-state index in [1.54, 1.807) is 0 Å². The van der Waals surface area contributed by atoms with Crippen LogP contribution in [0.3, 0.4) is 0 Å². The van der Waals surface area contributed by atoms with Crippen molar-refractivity contribution in [3.63, 3.8) is 0 Å². The standard InChI is InChI=1S/C74H123NO8/c1-6-8-10-12-14-16-18-20-22-24-26-28-30-32-34-36-38-40-42-44-46-48-50-52-54-56-58-60-62-64-71(76)81-68-70(69-82-74(73(78)79)80-67-66-75(3,4)5)83-72(77)65-63-61-59-57-55-53-51-49-47-45-43-41-39-37-35-33-31-29-27-25-23-21-19-17-15-13-11-9-7-2/h9,11,15,17-18,20-21,23-24,26-27,29,33,35,39,41,45,47,51,53,57,59,70,74H,6-8,10,12-14,16,19,22,25,28,30-32,34,36-38,40,42-44,46,48-50,52,54-56,58,60-69H2,1-5H3/b11-9-,17-15-,20-18-,23-21-,26-24-,29-27-,35-33-,41-39-,47-45-,53-51-,59-57-. The van der Waals surface area contributed by atoms with Gasteiger partial charge in [0, 0.05) is 12.8 Å². The van der Waals surface area contributed by atoms with Gasteiger partial charge < -0.3 is 33.3 Å². The van der Waals surface area contributed by atoms with E-state index < -0.39 is 24.3 Å². The van der Waals surface area contributed by atoms with Gasteiger partial charge in [-0.15, -0.1) is 0 Å². The van der Waals surface area contributed by atoms with Crippen LogP contribution in [-0.2, 0) is 33.3 Å². The number of carbonyl (C=O) groups is 3. The Morgan fingerprint density at radius 3 is 1.06 bits per heavy atom. The molecule has 0 saturated heterocycles. The van der Waals surface area contributed by atoms with Crippen molar-refractivity contribution < 1.29 is 42.9 Å². The topological polar surface area (TPSA) is 111 Å². The molecule has 2 unspecified atom stereocenters. The smallest absolute Gasteiger partial charge is 0.306 e. The number of nitrogens with zero attached hydrogens (tertiary/aromatic N) is 1. The molecular weight excluding hydrogens is 1030 g/mol. The Balaban J connectivity index is 4.28. The second-order valence-corrected chi connectivity index (χ2v) is 23.0. The van der Waals surface area contributed by atoms with Crippen molar-refractivity contribution >= 4 is 17.9 Å². The third-order valence-electron chi connectivity index (χ3n) is 13.9. The number of aliphatic carboxylic acids is 1. The molecular formula is C74H123NO8. The highest BCUT2D eigenvalue weighted by atomic mass is 16.7. The van der Waals surface area contributed by atoms with Crippen molar-refractivity contribution in [2.45, 2.75) is 270 Å². The molecule has 83 heavy (non-hydrogen) atoms. The van der Waals surface area contributed by atoms with Crippen LogP contribution in [0.2, 0.25) is 0 Å². The molecule has 0 aliphatic heterocycles. The molecule has 0 rings (SSSR count). The maximum Gasteiger partial charge on any atom is 0.306 e. The van der Waals surface area contributed by atoms with Crippen LogP contribution in [0.4, 0.5) is 0 Å². The second-order valence-electron chi connectivity index (χ2n) is 23.0. The van der Waals surface area contributed by atoms with Gasteiger partial charge >= 0.3 is 11.9 Å². The minimum absolute atomic E-state index is 0.130. The molecule has 0 aromatic rings. The number of allylic oxidation sites excluding steroid dienone is 22. The summed E-state index contributed by atoms with van der Waals surface area (Å²) in [5, 5.41) is 11.8. The van der Waals surface area contributed by atoms with E-state index in [-0.39, 0.29) is 38.6 Å². The Hall–Kier alpha value is -4.57. The summed E-state index contributed by atoms with van der Waals surface area (Å²) in [6.45, 7) is 4.56. The first kappa shape index (κ1) is 78.4. The summed E-state index contributed by atoms with van der Waals surface area (Å²) in [7, 11) is 5.90. The molecule has 9 nitrogen and oxygen atoms in total. The fourth-order valence-electron chi connectivity index (χ4n) is 8.80. The normalized spacial score (nSPS) is 13.6. The van der Waals surface area contributed by atoms with Gasteiger partial charge in [0.05, 0.1) is 40.3 Å². The van der Waals surface area contributed by atoms with E-state index in [1.807, 2.05) is 21.1 Å². The molecule has 0 saturated carbocycles. The number of hydrogen-bond donors (Lipinski definition) is 0. The lowest BCUT2D eigenvalue weighted by atomic mass is 10.0. The fraction of sp³-hybridized carbons (Fsp3) is 0.662. The highest BCUT2D eigenvalue weighted by molar-refractivity contribution is 5.70. The number of carboxylic acids is 1. The quantitative estimate of drug-likeness (QED) is 0.0195. The summed E-state index contributed by atoms with van der Waals surface area (Å²) in [5.41, 5.74) is 0. The van der Waals surface area contributed by atoms with Crippen LogP contribution < -0.4 is 5.11 Å². The maximum atomic E-state index is 12.9. The third-order valence-corrected chi connectivity index (χ3v) is 13.9. The molecule has 9 heteroatoms. The average molecular weight is 1150 g/mol. The molecule has 0 amide bonds. The predicted molar refractivity (Wildman–Crippen MR) is 352 cm³/mol. The largest absolute Gasteiger partial charge is 0.545 e.